The van der Waals surface area contributed by atoms with E-state index >= 15 is 0 Å². The molecule has 4 heteroatoms. The van der Waals surface area contributed by atoms with E-state index in [9.17, 15) is 4.79 Å². The van der Waals surface area contributed by atoms with Crippen LogP contribution in [0.2, 0.25) is 6.32 Å². The second-order valence-electron chi connectivity index (χ2n) is 2.18. The van der Waals surface area contributed by atoms with Gasteiger partial charge < -0.3 is 0 Å². The third-order valence-corrected chi connectivity index (χ3v) is 1.37. The molecule has 0 aromatic carbocycles. The highest BCUT2D eigenvalue weighted by molar-refractivity contribution is 6.08. The normalized spacial score (nSPS) is 9.40. The van der Waals surface area contributed by atoms with Crippen LogP contribution in [0, 0.1) is 0 Å². The van der Waals surface area contributed by atoms with Crippen molar-refractivity contribution >= 4 is 13.8 Å². The Hall–Kier alpha value is -0.505. The van der Waals surface area contributed by atoms with E-state index in [0.29, 0.717) is 6.42 Å². The number of nitrogens with zero attached hydrogens (tertiary/aromatic N) is 1. The van der Waals surface area contributed by atoms with Gasteiger partial charge in [-0.1, -0.05) is 12.7 Å². The number of amides is 1. The Morgan fingerprint density at radius 2 is 2.30 bits per heavy atom. The predicted molar refractivity (Wildman–Crippen MR) is 42.4 cm³/mol. The molecule has 0 bridgehead atoms. The Morgan fingerprint density at radius 1 is 1.70 bits per heavy atom. The van der Waals surface area contributed by atoms with Crippen LogP contribution in [0.5, 0.6) is 0 Å². The zero-order valence-electron chi connectivity index (χ0n) is 6.89. The van der Waals surface area contributed by atoms with E-state index in [1.807, 2.05) is 0 Å². The first-order chi connectivity index (χ1) is 4.72. The summed E-state index contributed by atoms with van der Waals surface area (Å²) < 4.78 is 0. The average Bonchev–Trinajstić information content (AvgIpc) is 1.98. The summed E-state index contributed by atoms with van der Waals surface area (Å²) in [5, 5.41) is 1.26. The molecule has 0 aliphatic heterocycles. The van der Waals surface area contributed by atoms with Gasteiger partial charge in [-0.2, -0.15) is 0 Å². The van der Waals surface area contributed by atoms with Crippen molar-refractivity contribution in [2.45, 2.75) is 19.2 Å². The van der Waals surface area contributed by atoms with Crippen LogP contribution in [0.4, 0.5) is 0 Å². The molecule has 58 valence electrons. The summed E-state index contributed by atoms with van der Waals surface area (Å²) >= 11 is 0. The first-order valence-corrected chi connectivity index (χ1v) is 3.53. The van der Waals surface area contributed by atoms with Crippen molar-refractivity contribution in [3.8, 4) is 0 Å². The third kappa shape index (κ3) is 3.51. The Balaban J connectivity index is 3.42. The van der Waals surface area contributed by atoms with Crippen molar-refractivity contribution < 1.29 is 9.63 Å². The van der Waals surface area contributed by atoms with Crippen molar-refractivity contribution in [2.75, 3.05) is 14.2 Å². The average molecular weight is 143 g/mol. The fourth-order valence-electron chi connectivity index (χ4n) is 0.587. The number of hydrogen-bond donors (Lipinski definition) is 0. The Kier molecular flexibility index (Phi) is 5.03. The molecular formula is C6H14BNO2. The largest absolute Gasteiger partial charge is 0.275 e. The van der Waals surface area contributed by atoms with Gasteiger partial charge in [0.1, 0.15) is 7.85 Å². The fraction of sp³-hybridized carbons (Fsp3) is 0.833. The molecule has 0 aliphatic rings. The molecule has 0 aromatic rings. The lowest BCUT2D eigenvalue weighted by Crippen LogP contribution is -2.24. The molecule has 0 aromatic heterocycles. The molecule has 0 aliphatic carbocycles. The Bertz CT molecular complexity index is 108. The van der Waals surface area contributed by atoms with Gasteiger partial charge in [0, 0.05) is 13.5 Å². The number of hydroxylamine groups is 2. The van der Waals surface area contributed by atoms with E-state index in [1.165, 1.54) is 12.2 Å². The van der Waals surface area contributed by atoms with Crippen LogP contribution >= 0.6 is 0 Å². The molecule has 0 N–H and O–H groups in total. The standard InChI is InChI=1S/C6H14BNO2/c1-8(10-2)6(9)4-3-5-7/h3-5,7H2,1-2H3. The highest BCUT2D eigenvalue weighted by Crippen LogP contribution is 1.96. The maximum atomic E-state index is 10.9. The van der Waals surface area contributed by atoms with E-state index in [0.717, 1.165) is 12.7 Å². The van der Waals surface area contributed by atoms with Crippen LogP contribution in [0.1, 0.15) is 12.8 Å². The summed E-state index contributed by atoms with van der Waals surface area (Å²) in [6.07, 6.45) is 2.57. The minimum absolute atomic E-state index is 0.0457. The number of carbonyl (C=O) groups is 1. The van der Waals surface area contributed by atoms with Gasteiger partial charge in [0.2, 0.25) is 5.91 Å². The first-order valence-electron chi connectivity index (χ1n) is 3.53. The molecule has 3 nitrogen and oxygen atoms in total. The van der Waals surface area contributed by atoms with E-state index < -0.39 is 0 Å². The Labute approximate surface area is 62.7 Å². The van der Waals surface area contributed by atoms with Crippen LogP contribution in [-0.2, 0) is 9.63 Å². The quantitative estimate of drug-likeness (QED) is 0.404. The zero-order valence-corrected chi connectivity index (χ0v) is 6.89. The molecule has 0 saturated heterocycles. The van der Waals surface area contributed by atoms with Gasteiger partial charge in [-0.25, -0.2) is 5.06 Å². The summed E-state index contributed by atoms with van der Waals surface area (Å²) in [6.45, 7) is 0. The monoisotopic (exact) mass is 143 g/mol. The molecule has 0 fully saturated rings. The van der Waals surface area contributed by atoms with Crippen molar-refractivity contribution in [1.29, 1.82) is 0 Å². The lowest BCUT2D eigenvalue weighted by molar-refractivity contribution is -0.168. The lowest BCUT2D eigenvalue weighted by atomic mass is 10.0. The van der Waals surface area contributed by atoms with Gasteiger partial charge in [0.15, 0.2) is 0 Å². The second-order valence-corrected chi connectivity index (χ2v) is 2.18. The van der Waals surface area contributed by atoms with Crippen LogP contribution < -0.4 is 0 Å². The number of carbonyl (C=O) groups excluding carboxylic acids is 1. The van der Waals surface area contributed by atoms with Gasteiger partial charge in [-0.05, 0) is 0 Å². The minimum atomic E-state index is 0.0457. The smallest absolute Gasteiger partial charge is 0.245 e. The topological polar surface area (TPSA) is 29.5 Å². The molecule has 10 heavy (non-hydrogen) atoms. The molecular weight excluding hydrogens is 129 g/mol. The SMILES string of the molecule is BCCCC(=O)N(C)OC. The van der Waals surface area contributed by atoms with Gasteiger partial charge in [-0.15, -0.1) is 0 Å². The highest BCUT2D eigenvalue weighted by Gasteiger charge is 2.04. The van der Waals surface area contributed by atoms with E-state index in [-0.39, 0.29) is 5.91 Å². The summed E-state index contributed by atoms with van der Waals surface area (Å²) in [5.41, 5.74) is 0. The van der Waals surface area contributed by atoms with Crippen molar-refractivity contribution in [3.05, 3.63) is 0 Å². The van der Waals surface area contributed by atoms with Crippen molar-refractivity contribution in [2.24, 2.45) is 0 Å². The maximum Gasteiger partial charge on any atom is 0.245 e. The van der Waals surface area contributed by atoms with E-state index in [2.05, 4.69) is 7.85 Å². The van der Waals surface area contributed by atoms with Crippen molar-refractivity contribution in [1.82, 2.24) is 5.06 Å². The third-order valence-electron chi connectivity index (χ3n) is 1.37. The van der Waals surface area contributed by atoms with E-state index in [4.69, 9.17) is 4.84 Å². The molecule has 0 unspecified atom stereocenters. The van der Waals surface area contributed by atoms with Gasteiger partial charge in [0.05, 0.1) is 7.11 Å². The maximum absolute atomic E-state index is 10.9. The lowest BCUT2D eigenvalue weighted by Gasteiger charge is -2.12. The van der Waals surface area contributed by atoms with Gasteiger partial charge >= 0.3 is 0 Å². The van der Waals surface area contributed by atoms with Gasteiger partial charge in [0.25, 0.3) is 0 Å². The second kappa shape index (κ2) is 5.29. The van der Waals surface area contributed by atoms with Crippen LogP contribution in [0.25, 0.3) is 0 Å². The van der Waals surface area contributed by atoms with E-state index in [1.54, 1.807) is 7.05 Å². The van der Waals surface area contributed by atoms with Gasteiger partial charge in [-0.3, -0.25) is 9.63 Å². The summed E-state index contributed by atoms with van der Waals surface area (Å²) in [7, 11) is 5.17. The molecule has 0 saturated carbocycles. The van der Waals surface area contributed by atoms with Crippen LogP contribution in [-0.4, -0.2) is 33.0 Å². The zero-order chi connectivity index (χ0) is 7.98. The van der Waals surface area contributed by atoms with Crippen LogP contribution in [0.15, 0.2) is 0 Å². The number of hydrogen-bond acceptors (Lipinski definition) is 2. The molecule has 0 atom stereocenters. The molecule has 0 heterocycles. The summed E-state index contributed by atoms with van der Waals surface area (Å²) in [4.78, 5) is 15.6. The van der Waals surface area contributed by atoms with Crippen LogP contribution in [0.3, 0.4) is 0 Å². The fourth-order valence-corrected chi connectivity index (χ4v) is 0.587. The molecule has 0 rings (SSSR count). The van der Waals surface area contributed by atoms with Crippen molar-refractivity contribution in [3.63, 3.8) is 0 Å². The number of rotatable bonds is 4. The minimum Gasteiger partial charge on any atom is -0.275 e. The predicted octanol–water partition coefficient (Wildman–Crippen LogP) is -0.162. The summed E-state index contributed by atoms with van der Waals surface area (Å²) in [5.74, 6) is 0.0457. The summed E-state index contributed by atoms with van der Waals surface area (Å²) in [6, 6.07) is 0. The molecule has 0 radical (unpaired) electrons. The molecule has 0 spiro atoms. The Morgan fingerprint density at radius 3 is 2.70 bits per heavy atom. The highest BCUT2D eigenvalue weighted by atomic mass is 16.7. The molecule has 1 amide bonds. The first kappa shape index (κ1) is 9.49.